The third kappa shape index (κ3) is 3.51. The molecule has 0 unspecified atom stereocenters. The summed E-state index contributed by atoms with van der Waals surface area (Å²) in [7, 11) is 0. The second-order valence-electron chi connectivity index (χ2n) is 4.95. The zero-order valence-corrected chi connectivity index (χ0v) is 14.4. The Labute approximate surface area is 142 Å². The third-order valence-corrected chi connectivity index (χ3v) is 4.07. The van der Waals surface area contributed by atoms with Crippen LogP contribution in [0.2, 0.25) is 0 Å². The number of ether oxygens (including phenoxy) is 2. The van der Waals surface area contributed by atoms with Gasteiger partial charge < -0.3 is 20.1 Å². The summed E-state index contributed by atoms with van der Waals surface area (Å²) in [5.74, 6) is 1.57. The van der Waals surface area contributed by atoms with Crippen LogP contribution in [0.4, 0.5) is 5.69 Å². The lowest BCUT2D eigenvalue weighted by molar-refractivity contribution is 0.174. The summed E-state index contributed by atoms with van der Waals surface area (Å²) in [6.07, 6.45) is 0. The molecule has 0 bridgehead atoms. The summed E-state index contributed by atoms with van der Waals surface area (Å²) in [5.41, 5.74) is 3.20. The molecule has 0 aliphatic carbocycles. The van der Waals surface area contributed by atoms with E-state index in [-0.39, 0.29) is 6.79 Å². The predicted octanol–water partition coefficient (Wildman–Crippen LogP) is 3.97. The minimum atomic E-state index is 0.287. The monoisotopic (exact) mass is 378 g/mol. The van der Waals surface area contributed by atoms with E-state index in [4.69, 9.17) is 21.7 Å². The molecule has 2 aromatic carbocycles. The van der Waals surface area contributed by atoms with Gasteiger partial charge in [0.1, 0.15) is 0 Å². The molecule has 114 valence electrons. The van der Waals surface area contributed by atoms with Crippen LogP contribution < -0.4 is 20.1 Å². The maximum Gasteiger partial charge on any atom is 0.231 e. The largest absolute Gasteiger partial charge is 0.454 e. The van der Waals surface area contributed by atoms with Gasteiger partial charge in [-0.05, 0) is 60.6 Å². The normalized spacial score (nSPS) is 12.1. The molecule has 0 radical (unpaired) electrons. The summed E-state index contributed by atoms with van der Waals surface area (Å²) in [6.45, 7) is 2.95. The van der Waals surface area contributed by atoms with Crippen LogP contribution in [0.15, 0.2) is 40.9 Å². The fourth-order valence-electron chi connectivity index (χ4n) is 2.17. The van der Waals surface area contributed by atoms with E-state index < -0.39 is 0 Å². The highest BCUT2D eigenvalue weighted by atomic mass is 79.9. The Kier molecular flexibility index (Phi) is 4.49. The Morgan fingerprint density at radius 2 is 2.00 bits per heavy atom. The first-order valence-corrected chi connectivity index (χ1v) is 8.01. The minimum Gasteiger partial charge on any atom is -0.454 e. The topological polar surface area (TPSA) is 42.5 Å². The van der Waals surface area contributed by atoms with E-state index in [1.807, 2.05) is 43.3 Å². The summed E-state index contributed by atoms with van der Waals surface area (Å²) in [4.78, 5) is 0. The van der Waals surface area contributed by atoms with Gasteiger partial charge in [0.05, 0.1) is 0 Å². The van der Waals surface area contributed by atoms with Crippen LogP contribution in [0.1, 0.15) is 11.1 Å². The first-order chi connectivity index (χ1) is 10.6. The molecular weight excluding hydrogens is 364 g/mol. The number of rotatable bonds is 3. The van der Waals surface area contributed by atoms with Gasteiger partial charge in [-0.25, -0.2) is 0 Å². The number of aryl methyl sites for hydroxylation is 1. The van der Waals surface area contributed by atoms with Crippen LogP contribution in [0.5, 0.6) is 11.5 Å². The molecule has 1 aliphatic heterocycles. The molecular formula is C16H15BrN2O2S. The first-order valence-electron chi connectivity index (χ1n) is 6.81. The van der Waals surface area contributed by atoms with Gasteiger partial charge in [-0.3, -0.25) is 0 Å². The van der Waals surface area contributed by atoms with Gasteiger partial charge in [-0.2, -0.15) is 0 Å². The van der Waals surface area contributed by atoms with Crippen molar-refractivity contribution in [3.63, 3.8) is 0 Å². The molecule has 22 heavy (non-hydrogen) atoms. The Bertz CT molecular complexity index is 721. The van der Waals surface area contributed by atoms with Crippen molar-refractivity contribution in [2.75, 3.05) is 12.1 Å². The Morgan fingerprint density at radius 1 is 1.18 bits per heavy atom. The molecule has 2 aromatic rings. The van der Waals surface area contributed by atoms with Crippen molar-refractivity contribution in [3.05, 3.63) is 52.0 Å². The lowest BCUT2D eigenvalue weighted by atomic mass is 10.2. The van der Waals surface area contributed by atoms with E-state index in [1.165, 1.54) is 0 Å². The Balaban J connectivity index is 1.58. The molecule has 0 saturated heterocycles. The average Bonchev–Trinajstić information content (AvgIpc) is 2.95. The van der Waals surface area contributed by atoms with E-state index in [0.29, 0.717) is 11.7 Å². The summed E-state index contributed by atoms with van der Waals surface area (Å²) in [6, 6.07) is 11.9. The van der Waals surface area contributed by atoms with Crippen LogP contribution in [0, 0.1) is 6.92 Å². The van der Waals surface area contributed by atoms with Crippen molar-refractivity contribution in [1.82, 2.24) is 5.32 Å². The van der Waals surface area contributed by atoms with Crippen molar-refractivity contribution in [3.8, 4) is 11.5 Å². The van der Waals surface area contributed by atoms with E-state index in [1.54, 1.807) is 0 Å². The number of thiocarbonyl (C=S) groups is 1. The standard InChI is InChI=1S/C16H15BrN2O2S/c1-10-6-12(17)3-4-13(10)19-16(22)18-8-11-2-5-14-15(7-11)21-9-20-14/h2-7H,8-9H2,1H3,(H2,18,19,22). The SMILES string of the molecule is Cc1cc(Br)ccc1NC(=S)NCc1ccc2c(c1)OCO2. The van der Waals surface area contributed by atoms with Gasteiger partial charge in [-0.15, -0.1) is 0 Å². The number of hydrogen-bond acceptors (Lipinski definition) is 3. The number of hydrogen-bond donors (Lipinski definition) is 2. The van der Waals surface area contributed by atoms with Gasteiger partial charge in [0.15, 0.2) is 16.6 Å². The van der Waals surface area contributed by atoms with Crippen LogP contribution in [-0.2, 0) is 6.54 Å². The van der Waals surface area contributed by atoms with Crippen molar-refractivity contribution in [2.45, 2.75) is 13.5 Å². The molecule has 6 heteroatoms. The number of nitrogens with one attached hydrogen (secondary N) is 2. The quantitative estimate of drug-likeness (QED) is 0.790. The second kappa shape index (κ2) is 6.54. The van der Waals surface area contributed by atoms with Gasteiger partial charge in [0.25, 0.3) is 0 Å². The van der Waals surface area contributed by atoms with Gasteiger partial charge in [0, 0.05) is 16.7 Å². The predicted molar refractivity (Wildman–Crippen MR) is 94.5 cm³/mol. The fraction of sp³-hybridized carbons (Fsp3) is 0.188. The van der Waals surface area contributed by atoms with Crippen LogP contribution in [0.25, 0.3) is 0 Å². The fourth-order valence-corrected chi connectivity index (χ4v) is 2.82. The summed E-state index contributed by atoms with van der Waals surface area (Å²) < 4.78 is 11.7. The highest BCUT2D eigenvalue weighted by Gasteiger charge is 2.13. The Morgan fingerprint density at radius 3 is 2.82 bits per heavy atom. The number of benzene rings is 2. The molecule has 4 nitrogen and oxygen atoms in total. The highest BCUT2D eigenvalue weighted by Crippen LogP contribution is 2.32. The van der Waals surface area contributed by atoms with Crippen molar-refractivity contribution >= 4 is 38.9 Å². The average molecular weight is 379 g/mol. The maximum absolute atomic E-state index is 5.37. The molecule has 0 fully saturated rings. The third-order valence-electron chi connectivity index (χ3n) is 3.33. The van der Waals surface area contributed by atoms with E-state index in [2.05, 4.69) is 26.6 Å². The summed E-state index contributed by atoms with van der Waals surface area (Å²) >= 11 is 8.79. The van der Waals surface area contributed by atoms with Crippen LogP contribution in [0.3, 0.4) is 0 Å². The molecule has 2 N–H and O–H groups in total. The number of fused-ring (bicyclic) bond motifs is 1. The maximum atomic E-state index is 5.37. The molecule has 1 heterocycles. The first kappa shape index (κ1) is 15.1. The molecule has 0 spiro atoms. The van der Waals surface area contributed by atoms with Crippen LogP contribution in [-0.4, -0.2) is 11.9 Å². The molecule has 0 amide bonds. The zero-order chi connectivity index (χ0) is 15.5. The smallest absolute Gasteiger partial charge is 0.231 e. The second-order valence-corrected chi connectivity index (χ2v) is 6.28. The van der Waals surface area contributed by atoms with E-state index in [0.717, 1.165) is 32.8 Å². The molecule has 0 saturated carbocycles. The lowest BCUT2D eigenvalue weighted by Crippen LogP contribution is -2.28. The van der Waals surface area contributed by atoms with Gasteiger partial charge in [0.2, 0.25) is 6.79 Å². The van der Waals surface area contributed by atoms with Crippen molar-refractivity contribution < 1.29 is 9.47 Å². The molecule has 3 rings (SSSR count). The van der Waals surface area contributed by atoms with Crippen molar-refractivity contribution in [1.29, 1.82) is 0 Å². The van der Waals surface area contributed by atoms with E-state index >= 15 is 0 Å². The van der Waals surface area contributed by atoms with Crippen LogP contribution >= 0.6 is 28.1 Å². The van der Waals surface area contributed by atoms with Crippen molar-refractivity contribution in [2.24, 2.45) is 0 Å². The minimum absolute atomic E-state index is 0.287. The Hall–Kier alpha value is -1.79. The number of halogens is 1. The number of anilines is 1. The van der Waals surface area contributed by atoms with Gasteiger partial charge >= 0.3 is 0 Å². The molecule has 0 aromatic heterocycles. The lowest BCUT2D eigenvalue weighted by Gasteiger charge is -2.13. The van der Waals surface area contributed by atoms with Gasteiger partial charge in [-0.1, -0.05) is 22.0 Å². The summed E-state index contributed by atoms with van der Waals surface area (Å²) in [5, 5.41) is 6.98. The zero-order valence-electron chi connectivity index (χ0n) is 12.0. The van der Waals surface area contributed by atoms with E-state index in [9.17, 15) is 0 Å². The highest BCUT2D eigenvalue weighted by molar-refractivity contribution is 9.10. The molecule has 0 atom stereocenters. The molecule has 1 aliphatic rings.